The molecule has 0 aromatic carbocycles. The maximum Gasteiger partial charge on any atom is 0.433 e. The summed E-state index contributed by atoms with van der Waals surface area (Å²) in [6.07, 6.45) is -2.65. The molecule has 0 aliphatic carbocycles. The Morgan fingerprint density at radius 2 is 2.17 bits per heavy atom. The molecule has 0 spiro atoms. The molecule has 1 saturated heterocycles. The summed E-state index contributed by atoms with van der Waals surface area (Å²) in [6, 6.07) is 6.26. The van der Waals surface area contributed by atoms with Crippen LogP contribution in [0.25, 0.3) is 10.2 Å². The molecular weight excluding hydrogens is 421 g/mol. The second-order valence-electron chi connectivity index (χ2n) is 7.00. The number of hydrogen-bond acceptors (Lipinski definition) is 5. The minimum atomic E-state index is -4.51. The van der Waals surface area contributed by atoms with E-state index in [-0.39, 0.29) is 16.8 Å². The molecule has 9 heteroatoms. The van der Waals surface area contributed by atoms with Gasteiger partial charge in [0.1, 0.15) is 10.5 Å². The molecule has 1 aliphatic heterocycles. The number of thiophene rings is 2. The molecule has 0 bridgehead atoms. The van der Waals surface area contributed by atoms with Crippen molar-refractivity contribution in [3.05, 3.63) is 50.7 Å². The van der Waals surface area contributed by atoms with Crippen molar-refractivity contribution in [1.82, 2.24) is 9.88 Å². The number of nitrogens with zero attached hydrogens (tertiary/aromatic N) is 2. The minimum absolute atomic E-state index is 0.0106. The monoisotopic (exact) mass is 440 g/mol. The third kappa shape index (κ3) is 4.31. The SMILES string of the molecule is Cc1c(C(=O)N(Cc2cccs2)CC2CCCO2)sc2nc(C(F)(F)F)ccc12. The van der Waals surface area contributed by atoms with Gasteiger partial charge in [-0.1, -0.05) is 6.07 Å². The van der Waals surface area contributed by atoms with E-state index in [1.54, 1.807) is 23.2 Å². The highest BCUT2D eigenvalue weighted by Crippen LogP contribution is 2.35. The third-order valence-electron chi connectivity index (χ3n) is 4.95. The number of carbonyl (C=O) groups excluding carboxylic acids is 1. The van der Waals surface area contributed by atoms with Crippen molar-refractivity contribution in [3.8, 4) is 0 Å². The van der Waals surface area contributed by atoms with E-state index in [1.807, 2.05) is 17.5 Å². The van der Waals surface area contributed by atoms with Crippen LogP contribution in [-0.4, -0.2) is 35.0 Å². The van der Waals surface area contributed by atoms with Gasteiger partial charge in [-0.05, 0) is 48.9 Å². The molecule has 0 N–H and O–H groups in total. The summed E-state index contributed by atoms with van der Waals surface area (Å²) in [4.78, 5) is 20.6. The van der Waals surface area contributed by atoms with Crippen molar-refractivity contribution in [2.75, 3.05) is 13.2 Å². The van der Waals surface area contributed by atoms with E-state index in [0.717, 1.165) is 35.1 Å². The first-order valence-corrected chi connectivity index (χ1v) is 10.9. The molecule has 1 atom stereocenters. The zero-order valence-electron chi connectivity index (χ0n) is 15.7. The molecule has 0 radical (unpaired) electrons. The normalized spacial score (nSPS) is 17.2. The zero-order valence-corrected chi connectivity index (χ0v) is 17.3. The summed E-state index contributed by atoms with van der Waals surface area (Å²) in [5, 5.41) is 2.54. The van der Waals surface area contributed by atoms with E-state index in [9.17, 15) is 18.0 Å². The summed E-state index contributed by atoms with van der Waals surface area (Å²) < 4.78 is 44.7. The van der Waals surface area contributed by atoms with Gasteiger partial charge in [0, 0.05) is 23.4 Å². The number of rotatable bonds is 5. The van der Waals surface area contributed by atoms with E-state index < -0.39 is 11.9 Å². The number of alkyl halides is 3. The number of carbonyl (C=O) groups is 1. The van der Waals surface area contributed by atoms with Crippen LogP contribution in [0.3, 0.4) is 0 Å². The number of ether oxygens (including phenoxy) is 1. The maximum atomic E-state index is 13.4. The molecule has 4 nitrogen and oxygen atoms in total. The fourth-order valence-electron chi connectivity index (χ4n) is 3.45. The molecule has 29 heavy (non-hydrogen) atoms. The van der Waals surface area contributed by atoms with Crippen molar-refractivity contribution >= 4 is 38.8 Å². The van der Waals surface area contributed by atoms with Crippen LogP contribution in [0.2, 0.25) is 0 Å². The zero-order chi connectivity index (χ0) is 20.6. The van der Waals surface area contributed by atoms with Gasteiger partial charge in [-0.2, -0.15) is 13.2 Å². The third-order valence-corrected chi connectivity index (χ3v) is 7.00. The summed E-state index contributed by atoms with van der Waals surface area (Å²) in [5.74, 6) is -0.192. The number of aromatic nitrogens is 1. The van der Waals surface area contributed by atoms with Crippen LogP contribution in [0.15, 0.2) is 29.6 Å². The molecule has 1 amide bonds. The summed E-state index contributed by atoms with van der Waals surface area (Å²) in [5.41, 5.74) is -0.278. The molecule has 3 aromatic heterocycles. The largest absolute Gasteiger partial charge is 0.433 e. The van der Waals surface area contributed by atoms with Crippen molar-refractivity contribution in [1.29, 1.82) is 0 Å². The fraction of sp³-hybridized carbons (Fsp3) is 0.400. The van der Waals surface area contributed by atoms with Crippen LogP contribution in [0.4, 0.5) is 13.2 Å². The van der Waals surface area contributed by atoms with Gasteiger partial charge in [-0.3, -0.25) is 4.79 Å². The van der Waals surface area contributed by atoms with Crippen LogP contribution in [0.1, 0.15) is 38.6 Å². The van der Waals surface area contributed by atoms with E-state index in [2.05, 4.69) is 4.98 Å². The van der Waals surface area contributed by atoms with Crippen LogP contribution in [-0.2, 0) is 17.5 Å². The molecule has 154 valence electrons. The highest BCUT2D eigenvalue weighted by Gasteiger charge is 2.33. The van der Waals surface area contributed by atoms with Gasteiger partial charge in [0.25, 0.3) is 5.91 Å². The number of amides is 1. The molecular formula is C20H19F3N2O2S2. The van der Waals surface area contributed by atoms with Crippen molar-refractivity contribution in [2.45, 2.75) is 38.6 Å². The van der Waals surface area contributed by atoms with Gasteiger partial charge >= 0.3 is 6.18 Å². The first-order chi connectivity index (χ1) is 13.8. The maximum absolute atomic E-state index is 13.4. The fourth-order valence-corrected chi connectivity index (χ4v) is 5.32. The van der Waals surface area contributed by atoms with E-state index in [4.69, 9.17) is 4.74 Å². The van der Waals surface area contributed by atoms with Crippen LogP contribution >= 0.6 is 22.7 Å². The molecule has 4 rings (SSSR count). The number of fused-ring (bicyclic) bond motifs is 1. The lowest BCUT2D eigenvalue weighted by Gasteiger charge is -2.25. The number of hydrogen-bond donors (Lipinski definition) is 0. The Morgan fingerprint density at radius 1 is 1.34 bits per heavy atom. The first kappa shape index (κ1) is 20.3. The predicted octanol–water partition coefficient (Wildman–Crippen LogP) is 5.51. The molecule has 1 unspecified atom stereocenters. The Labute approximate surface area is 173 Å². The van der Waals surface area contributed by atoms with Gasteiger partial charge in [0.15, 0.2) is 0 Å². The highest BCUT2D eigenvalue weighted by molar-refractivity contribution is 7.20. The lowest BCUT2D eigenvalue weighted by Crippen LogP contribution is -2.36. The van der Waals surface area contributed by atoms with Crippen molar-refractivity contribution in [2.24, 2.45) is 0 Å². The average molecular weight is 441 g/mol. The number of aryl methyl sites for hydroxylation is 1. The van der Waals surface area contributed by atoms with Gasteiger partial charge in [0.2, 0.25) is 0 Å². The van der Waals surface area contributed by atoms with E-state index in [0.29, 0.717) is 35.5 Å². The summed E-state index contributed by atoms with van der Waals surface area (Å²) in [6.45, 7) is 3.37. The summed E-state index contributed by atoms with van der Waals surface area (Å²) >= 11 is 2.59. The first-order valence-electron chi connectivity index (χ1n) is 9.23. The quantitative estimate of drug-likeness (QED) is 0.526. The van der Waals surface area contributed by atoms with Crippen molar-refractivity contribution < 1.29 is 22.7 Å². The van der Waals surface area contributed by atoms with E-state index >= 15 is 0 Å². The lowest BCUT2D eigenvalue weighted by molar-refractivity contribution is -0.140. The highest BCUT2D eigenvalue weighted by atomic mass is 32.1. The Hall–Kier alpha value is -1.97. The summed E-state index contributed by atoms with van der Waals surface area (Å²) in [7, 11) is 0. The van der Waals surface area contributed by atoms with E-state index in [1.165, 1.54) is 6.07 Å². The molecule has 0 saturated carbocycles. The van der Waals surface area contributed by atoms with Gasteiger partial charge in [-0.25, -0.2) is 4.98 Å². The topological polar surface area (TPSA) is 42.4 Å². The Balaban J connectivity index is 1.66. The van der Waals surface area contributed by atoms with Gasteiger partial charge < -0.3 is 9.64 Å². The molecule has 1 aliphatic rings. The van der Waals surface area contributed by atoms with Gasteiger partial charge in [0.05, 0.1) is 17.5 Å². The Bertz CT molecular complexity index is 1010. The van der Waals surface area contributed by atoms with Crippen molar-refractivity contribution in [3.63, 3.8) is 0 Å². The Morgan fingerprint density at radius 3 is 2.83 bits per heavy atom. The van der Waals surface area contributed by atoms with Crippen LogP contribution in [0, 0.1) is 6.92 Å². The molecule has 4 heterocycles. The number of halogens is 3. The average Bonchev–Trinajstić information content (AvgIpc) is 3.42. The second-order valence-corrected chi connectivity index (χ2v) is 9.03. The molecule has 3 aromatic rings. The standard InChI is InChI=1S/C20H19F3N2O2S2/c1-12-15-6-7-16(20(21,22)23)24-18(15)29-17(12)19(26)25(10-13-4-2-8-27-13)11-14-5-3-9-28-14/h3,5-7,9,13H,2,4,8,10-11H2,1H3. The number of pyridine rings is 1. The van der Waals surface area contributed by atoms with Crippen LogP contribution in [0.5, 0.6) is 0 Å². The molecule has 1 fully saturated rings. The second kappa shape index (κ2) is 8.04. The smallest absolute Gasteiger partial charge is 0.376 e. The van der Waals surface area contributed by atoms with Gasteiger partial charge in [-0.15, -0.1) is 22.7 Å². The lowest BCUT2D eigenvalue weighted by atomic mass is 10.1. The van der Waals surface area contributed by atoms with Crippen LogP contribution < -0.4 is 0 Å². The Kier molecular flexibility index (Phi) is 5.63. The minimum Gasteiger partial charge on any atom is -0.376 e. The predicted molar refractivity (Wildman–Crippen MR) is 107 cm³/mol.